The lowest BCUT2D eigenvalue weighted by Crippen LogP contribution is -2.19. The lowest BCUT2D eigenvalue weighted by atomic mass is 10.1. The van der Waals surface area contributed by atoms with Gasteiger partial charge in [0.1, 0.15) is 11.4 Å². The molecule has 0 amide bonds. The van der Waals surface area contributed by atoms with Crippen LogP contribution in [0.2, 0.25) is 0 Å². The van der Waals surface area contributed by atoms with Gasteiger partial charge in [-0.05, 0) is 12.1 Å². The van der Waals surface area contributed by atoms with Crippen molar-refractivity contribution in [3.05, 3.63) is 58.1 Å². The Morgan fingerprint density at radius 1 is 0.792 bits per heavy atom. The van der Waals surface area contributed by atoms with Gasteiger partial charge in [-0.25, -0.2) is 14.8 Å². The zero-order valence-electron chi connectivity index (χ0n) is 13.1. The Morgan fingerprint density at radius 2 is 1.33 bits per heavy atom. The summed E-state index contributed by atoms with van der Waals surface area (Å²) in [5.41, 5.74) is 5.19. The fraction of sp³-hybridized carbons (Fsp3) is 0.111. The average Bonchev–Trinajstić information content (AvgIpc) is 2.99. The van der Waals surface area contributed by atoms with Gasteiger partial charge >= 0.3 is 5.69 Å². The molecule has 0 unspecified atom stereocenters. The first-order valence-electron chi connectivity index (χ1n) is 7.57. The highest BCUT2D eigenvalue weighted by atomic mass is 16.1. The maximum Gasteiger partial charge on any atom is 0.328 e. The minimum Gasteiger partial charge on any atom is -0.295 e. The van der Waals surface area contributed by atoms with Crippen molar-refractivity contribution in [3.8, 4) is 11.3 Å². The predicted octanol–water partition coefficient (Wildman–Crippen LogP) is 2.03. The Morgan fingerprint density at radius 3 is 1.96 bits per heavy atom. The average molecular weight is 316 g/mol. The van der Waals surface area contributed by atoms with Crippen molar-refractivity contribution in [1.82, 2.24) is 19.1 Å². The Kier molecular flexibility index (Phi) is 2.29. The maximum absolute atomic E-state index is 12.6. The van der Waals surface area contributed by atoms with E-state index in [1.807, 2.05) is 30.3 Å². The fourth-order valence-corrected chi connectivity index (χ4v) is 3.41. The zero-order chi connectivity index (χ0) is 16.6. The first kappa shape index (κ1) is 13.2. The van der Waals surface area contributed by atoms with Crippen LogP contribution in [0, 0.1) is 0 Å². The third-order valence-corrected chi connectivity index (χ3v) is 4.70. The van der Waals surface area contributed by atoms with Crippen LogP contribution >= 0.6 is 0 Å². The molecule has 1 aliphatic carbocycles. The van der Waals surface area contributed by atoms with Crippen LogP contribution in [-0.4, -0.2) is 24.9 Å². The van der Waals surface area contributed by atoms with Crippen molar-refractivity contribution < 1.29 is 4.79 Å². The topological polar surface area (TPSA) is 69.8 Å². The Bertz CT molecular complexity index is 1260. The second-order valence-corrected chi connectivity index (χ2v) is 6.03. The number of benzene rings is 2. The van der Waals surface area contributed by atoms with E-state index in [1.165, 1.54) is 0 Å². The van der Waals surface area contributed by atoms with Gasteiger partial charge < -0.3 is 0 Å². The number of aryl methyl sites for hydroxylation is 2. The van der Waals surface area contributed by atoms with E-state index in [2.05, 4.69) is 9.97 Å². The van der Waals surface area contributed by atoms with Crippen molar-refractivity contribution >= 4 is 27.9 Å². The summed E-state index contributed by atoms with van der Waals surface area (Å²) in [6.45, 7) is 0. The van der Waals surface area contributed by atoms with Gasteiger partial charge in [-0.15, -0.1) is 0 Å². The number of hydrogen-bond acceptors (Lipinski definition) is 4. The molecule has 2 heterocycles. The van der Waals surface area contributed by atoms with E-state index >= 15 is 0 Å². The molecule has 0 N–H and O–H groups in total. The van der Waals surface area contributed by atoms with Gasteiger partial charge in [-0.3, -0.25) is 13.9 Å². The molecule has 6 heteroatoms. The number of hydrogen-bond donors (Lipinski definition) is 0. The number of imidazole rings is 1. The number of rotatable bonds is 0. The van der Waals surface area contributed by atoms with Crippen molar-refractivity contribution in [2.24, 2.45) is 14.1 Å². The van der Waals surface area contributed by atoms with Crippen LogP contribution in [0.25, 0.3) is 33.3 Å². The number of fused-ring (bicyclic) bond motifs is 5. The first-order valence-corrected chi connectivity index (χ1v) is 7.57. The van der Waals surface area contributed by atoms with Crippen LogP contribution in [0.5, 0.6) is 0 Å². The Balaban J connectivity index is 1.92. The highest BCUT2D eigenvalue weighted by Crippen LogP contribution is 2.35. The molecule has 1 aliphatic rings. The van der Waals surface area contributed by atoms with E-state index in [-0.39, 0.29) is 11.5 Å². The molecule has 0 radical (unpaired) electrons. The van der Waals surface area contributed by atoms with Crippen LogP contribution in [-0.2, 0) is 14.1 Å². The molecule has 0 fully saturated rings. The first-order chi connectivity index (χ1) is 11.6. The number of aromatic nitrogens is 4. The van der Waals surface area contributed by atoms with Crippen LogP contribution in [0.4, 0.5) is 0 Å². The minimum absolute atomic E-state index is 0.1000. The van der Waals surface area contributed by atoms with Crippen molar-refractivity contribution in [3.63, 3.8) is 0 Å². The summed E-state index contributed by atoms with van der Waals surface area (Å²) in [5, 5.41) is 0. The molecule has 2 aromatic carbocycles. The number of carbonyl (C=O) groups is 1. The second-order valence-electron chi connectivity index (χ2n) is 6.03. The molecule has 0 spiro atoms. The molecule has 5 rings (SSSR count). The van der Waals surface area contributed by atoms with Gasteiger partial charge in [0.25, 0.3) is 0 Å². The summed E-state index contributed by atoms with van der Waals surface area (Å²) in [4.78, 5) is 33.9. The van der Waals surface area contributed by atoms with Crippen LogP contribution < -0.4 is 5.69 Å². The van der Waals surface area contributed by atoms with Gasteiger partial charge in [0.2, 0.25) is 5.78 Å². The second kappa shape index (κ2) is 4.17. The number of ketones is 1. The van der Waals surface area contributed by atoms with Crippen LogP contribution in [0.3, 0.4) is 0 Å². The van der Waals surface area contributed by atoms with Crippen LogP contribution in [0.1, 0.15) is 16.1 Å². The lowest BCUT2D eigenvalue weighted by molar-refractivity contribution is 0.103. The smallest absolute Gasteiger partial charge is 0.295 e. The Hall–Kier alpha value is -3.28. The highest BCUT2D eigenvalue weighted by molar-refractivity contribution is 6.20. The van der Waals surface area contributed by atoms with E-state index in [0.29, 0.717) is 28.0 Å². The molecule has 0 aliphatic heterocycles. The van der Waals surface area contributed by atoms with Crippen molar-refractivity contribution in [2.75, 3.05) is 0 Å². The normalized spacial score (nSPS) is 12.8. The SMILES string of the molecule is Cn1c(=O)n(C)c2cc3nc4c(nc3cc21)C(=O)c1ccccc1-4. The van der Waals surface area contributed by atoms with Crippen LogP contribution in [0.15, 0.2) is 41.2 Å². The summed E-state index contributed by atoms with van der Waals surface area (Å²) >= 11 is 0. The molecular weight excluding hydrogens is 304 g/mol. The fourth-order valence-electron chi connectivity index (χ4n) is 3.41. The summed E-state index contributed by atoms with van der Waals surface area (Å²) < 4.78 is 3.16. The maximum atomic E-state index is 12.6. The molecule has 116 valence electrons. The van der Waals surface area contributed by atoms with Gasteiger partial charge in [0, 0.05) is 25.2 Å². The third kappa shape index (κ3) is 1.45. The summed E-state index contributed by atoms with van der Waals surface area (Å²) in [6, 6.07) is 11.1. The molecular formula is C18H12N4O2. The molecule has 0 bridgehead atoms. The molecule has 0 saturated carbocycles. The van der Waals surface area contributed by atoms with Gasteiger partial charge in [-0.2, -0.15) is 0 Å². The van der Waals surface area contributed by atoms with Crippen molar-refractivity contribution in [2.45, 2.75) is 0 Å². The van der Waals surface area contributed by atoms with E-state index < -0.39 is 0 Å². The number of nitrogens with zero attached hydrogens (tertiary/aromatic N) is 4. The molecule has 2 aromatic heterocycles. The van der Waals surface area contributed by atoms with Gasteiger partial charge in [-0.1, -0.05) is 24.3 Å². The van der Waals surface area contributed by atoms with Gasteiger partial charge in [0.15, 0.2) is 0 Å². The predicted molar refractivity (Wildman–Crippen MR) is 90.1 cm³/mol. The van der Waals surface area contributed by atoms with E-state index in [0.717, 1.165) is 16.6 Å². The zero-order valence-corrected chi connectivity index (χ0v) is 13.1. The summed E-state index contributed by atoms with van der Waals surface area (Å²) in [5.74, 6) is -0.1000. The number of carbonyl (C=O) groups excluding carboxylic acids is 1. The van der Waals surface area contributed by atoms with E-state index in [1.54, 1.807) is 29.3 Å². The van der Waals surface area contributed by atoms with E-state index in [4.69, 9.17) is 0 Å². The van der Waals surface area contributed by atoms with Crippen molar-refractivity contribution in [1.29, 1.82) is 0 Å². The minimum atomic E-state index is -0.103. The third-order valence-electron chi connectivity index (χ3n) is 4.70. The largest absolute Gasteiger partial charge is 0.328 e. The van der Waals surface area contributed by atoms with E-state index in [9.17, 15) is 9.59 Å². The lowest BCUT2D eigenvalue weighted by Gasteiger charge is -2.03. The Labute approximate surface area is 136 Å². The molecule has 4 aromatic rings. The molecule has 6 nitrogen and oxygen atoms in total. The summed E-state index contributed by atoms with van der Waals surface area (Å²) in [7, 11) is 3.45. The molecule has 0 saturated heterocycles. The molecule has 24 heavy (non-hydrogen) atoms. The molecule has 0 atom stereocenters. The standard InChI is InChI=1S/C18H12N4O2/c1-21-13-7-11-12(8-14(13)22(2)18(21)24)20-16-15(19-11)9-5-3-4-6-10(9)17(16)23/h3-8H,1-2H3. The highest BCUT2D eigenvalue weighted by Gasteiger charge is 2.29. The summed E-state index contributed by atoms with van der Waals surface area (Å²) in [6.07, 6.45) is 0. The quantitative estimate of drug-likeness (QED) is 0.438. The van der Waals surface area contributed by atoms with Gasteiger partial charge in [0.05, 0.1) is 22.1 Å². The monoisotopic (exact) mass is 316 g/mol.